The molecule has 1 aliphatic carbocycles. The van der Waals surface area contributed by atoms with Crippen LogP contribution in [0, 0.1) is 11.8 Å². The molecule has 0 aromatic carbocycles. The Hall–Kier alpha value is -0.620. The normalized spacial score (nSPS) is 31.0. The predicted octanol–water partition coefficient (Wildman–Crippen LogP) is 1.38. The van der Waals surface area contributed by atoms with Gasteiger partial charge in [0.15, 0.2) is 9.84 Å². The Morgan fingerprint density at radius 3 is 2.50 bits per heavy atom. The fraction of sp³-hybridized carbons (Fsp3) is 0.929. The van der Waals surface area contributed by atoms with E-state index in [9.17, 15) is 13.2 Å². The molecule has 0 radical (unpaired) electrons. The Morgan fingerprint density at radius 1 is 1.30 bits per heavy atom. The molecule has 0 saturated heterocycles. The maximum atomic E-state index is 12.6. The van der Waals surface area contributed by atoms with Crippen molar-refractivity contribution < 1.29 is 17.9 Å². The number of carbonyl (C=O) groups excluding carboxylic acids is 1. The van der Waals surface area contributed by atoms with Crippen molar-refractivity contribution in [1.82, 2.24) is 5.32 Å². The third-order valence-corrected chi connectivity index (χ3v) is 6.48. The second-order valence-corrected chi connectivity index (χ2v) is 8.15. The number of rotatable bonds is 6. The van der Waals surface area contributed by atoms with E-state index in [1.54, 1.807) is 0 Å². The summed E-state index contributed by atoms with van der Waals surface area (Å²) in [7, 11) is -2.02. The van der Waals surface area contributed by atoms with Crippen molar-refractivity contribution in [3.8, 4) is 0 Å². The van der Waals surface area contributed by atoms with Gasteiger partial charge in [-0.3, -0.25) is 4.79 Å². The SMILES string of the molecule is CCNC1CC(C)CC(C)C1S(=O)(=O)CCC(=O)OC. The molecule has 1 rings (SSSR count). The van der Waals surface area contributed by atoms with E-state index >= 15 is 0 Å². The molecule has 20 heavy (non-hydrogen) atoms. The zero-order valence-electron chi connectivity index (χ0n) is 12.9. The highest BCUT2D eigenvalue weighted by Gasteiger charge is 2.41. The fourth-order valence-corrected chi connectivity index (χ4v) is 5.61. The molecule has 0 heterocycles. The quantitative estimate of drug-likeness (QED) is 0.751. The van der Waals surface area contributed by atoms with Crippen molar-refractivity contribution in [3.05, 3.63) is 0 Å². The van der Waals surface area contributed by atoms with Gasteiger partial charge in [0.1, 0.15) is 0 Å². The van der Waals surface area contributed by atoms with Gasteiger partial charge in [0.05, 0.1) is 24.5 Å². The van der Waals surface area contributed by atoms with Gasteiger partial charge in [0, 0.05) is 6.04 Å². The van der Waals surface area contributed by atoms with E-state index in [2.05, 4.69) is 17.0 Å². The molecular formula is C14H27NO4S. The second kappa shape index (κ2) is 7.41. The molecule has 0 aromatic heterocycles. The summed E-state index contributed by atoms with van der Waals surface area (Å²) in [6.07, 6.45) is 1.74. The third kappa shape index (κ3) is 4.45. The van der Waals surface area contributed by atoms with Crippen molar-refractivity contribution in [3.63, 3.8) is 0 Å². The van der Waals surface area contributed by atoms with Gasteiger partial charge in [-0.15, -0.1) is 0 Å². The maximum Gasteiger partial charge on any atom is 0.306 e. The zero-order chi connectivity index (χ0) is 15.3. The molecule has 6 heteroatoms. The van der Waals surface area contributed by atoms with Crippen LogP contribution in [0.1, 0.15) is 40.0 Å². The monoisotopic (exact) mass is 305 g/mol. The molecule has 4 atom stereocenters. The van der Waals surface area contributed by atoms with Gasteiger partial charge in [0.2, 0.25) is 0 Å². The Balaban J connectivity index is 2.84. The smallest absolute Gasteiger partial charge is 0.306 e. The van der Waals surface area contributed by atoms with Gasteiger partial charge >= 0.3 is 5.97 Å². The van der Waals surface area contributed by atoms with E-state index in [1.807, 2.05) is 13.8 Å². The van der Waals surface area contributed by atoms with Crippen LogP contribution in [0.2, 0.25) is 0 Å². The van der Waals surface area contributed by atoms with Gasteiger partial charge in [-0.2, -0.15) is 0 Å². The van der Waals surface area contributed by atoms with E-state index in [0.717, 1.165) is 19.4 Å². The van der Waals surface area contributed by atoms with Crippen LogP contribution in [0.15, 0.2) is 0 Å². The van der Waals surface area contributed by atoms with E-state index in [4.69, 9.17) is 0 Å². The van der Waals surface area contributed by atoms with Crippen LogP contribution >= 0.6 is 0 Å². The van der Waals surface area contributed by atoms with Gasteiger partial charge < -0.3 is 10.1 Å². The summed E-state index contributed by atoms with van der Waals surface area (Å²) in [5.74, 6) is 0.0577. The summed E-state index contributed by atoms with van der Waals surface area (Å²) in [6.45, 7) is 6.91. The van der Waals surface area contributed by atoms with Gasteiger partial charge in [-0.05, 0) is 31.2 Å². The van der Waals surface area contributed by atoms with E-state index in [-0.39, 0.29) is 24.1 Å². The van der Waals surface area contributed by atoms with Crippen molar-refractivity contribution in [2.75, 3.05) is 19.4 Å². The topological polar surface area (TPSA) is 72.5 Å². The molecule has 0 aliphatic heterocycles. The predicted molar refractivity (Wildman–Crippen MR) is 79.2 cm³/mol. The molecule has 4 unspecified atom stereocenters. The van der Waals surface area contributed by atoms with Crippen LogP contribution in [0.5, 0.6) is 0 Å². The van der Waals surface area contributed by atoms with E-state index in [0.29, 0.717) is 5.92 Å². The summed E-state index contributed by atoms with van der Waals surface area (Å²) >= 11 is 0. The molecular weight excluding hydrogens is 278 g/mol. The lowest BCUT2D eigenvalue weighted by Gasteiger charge is -2.39. The number of nitrogens with one attached hydrogen (secondary N) is 1. The van der Waals surface area contributed by atoms with Crippen LogP contribution in [0.3, 0.4) is 0 Å². The Kier molecular flexibility index (Phi) is 6.45. The first kappa shape index (κ1) is 17.4. The summed E-state index contributed by atoms with van der Waals surface area (Å²) in [5.41, 5.74) is 0. The maximum absolute atomic E-state index is 12.6. The summed E-state index contributed by atoms with van der Waals surface area (Å²) in [6, 6.07) is -0.0126. The zero-order valence-corrected chi connectivity index (χ0v) is 13.7. The number of hydrogen-bond acceptors (Lipinski definition) is 5. The Bertz CT molecular complexity index is 421. The minimum Gasteiger partial charge on any atom is -0.469 e. The molecule has 1 N–H and O–H groups in total. The van der Waals surface area contributed by atoms with Crippen LogP contribution in [0.25, 0.3) is 0 Å². The van der Waals surface area contributed by atoms with Crippen molar-refractivity contribution in [2.24, 2.45) is 11.8 Å². The number of hydrogen-bond donors (Lipinski definition) is 1. The molecule has 1 aliphatic rings. The molecule has 0 amide bonds. The first-order chi connectivity index (χ1) is 9.31. The Labute approximate surface area is 122 Å². The van der Waals surface area contributed by atoms with Gasteiger partial charge in [0.25, 0.3) is 0 Å². The molecule has 0 aromatic rings. The third-order valence-electron chi connectivity index (χ3n) is 4.09. The highest BCUT2D eigenvalue weighted by molar-refractivity contribution is 7.92. The van der Waals surface area contributed by atoms with Crippen molar-refractivity contribution >= 4 is 15.8 Å². The summed E-state index contributed by atoms with van der Waals surface area (Å²) in [5, 5.41) is 2.91. The lowest BCUT2D eigenvalue weighted by atomic mass is 9.80. The van der Waals surface area contributed by atoms with E-state index < -0.39 is 21.1 Å². The number of methoxy groups -OCH3 is 1. The van der Waals surface area contributed by atoms with Gasteiger partial charge in [-0.25, -0.2) is 8.42 Å². The number of ether oxygens (including phenoxy) is 1. The minimum absolute atomic E-state index is 0.0126. The minimum atomic E-state index is -3.30. The summed E-state index contributed by atoms with van der Waals surface area (Å²) in [4.78, 5) is 11.2. The van der Waals surface area contributed by atoms with Crippen molar-refractivity contribution in [1.29, 1.82) is 0 Å². The van der Waals surface area contributed by atoms with Crippen LogP contribution in [-0.2, 0) is 19.4 Å². The Morgan fingerprint density at radius 2 is 1.95 bits per heavy atom. The first-order valence-electron chi connectivity index (χ1n) is 7.33. The lowest BCUT2D eigenvalue weighted by Crippen LogP contribution is -2.52. The van der Waals surface area contributed by atoms with Crippen molar-refractivity contribution in [2.45, 2.75) is 51.3 Å². The average Bonchev–Trinajstić information content (AvgIpc) is 2.35. The summed E-state index contributed by atoms with van der Waals surface area (Å²) < 4.78 is 29.7. The highest BCUT2D eigenvalue weighted by atomic mass is 32.2. The van der Waals surface area contributed by atoms with Crippen LogP contribution in [0.4, 0.5) is 0 Å². The second-order valence-electron chi connectivity index (χ2n) is 5.88. The largest absolute Gasteiger partial charge is 0.469 e. The molecule has 1 fully saturated rings. The number of carbonyl (C=O) groups is 1. The molecule has 5 nitrogen and oxygen atoms in total. The van der Waals surface area contributed by atoms with Crippen LogP contribution < -0.4 is 5.32 Å². The number of esters is 1. The molecule has 0 bridgehead atoms. The van der Waals surface area contributed by atoms with Gasteiger partial charge in [-0.1, -0.05) is 20.8 Å². The van der Waals surface area contributed by atoms with Crippen LogP contribution in [-0.4, -0.2) is 45.1 Å². The highest BCUT2D eigenvalue weighted by Crippen LogP contribution is 2.33. The standard InChI is InChI=1S/C14H27NO4S/c1-5-15-12-9-10(2)8-11(3)14(12)20(17,18)7-6-13(16)19-4/h10-12,14-15H,5-9H2,1-4H3. The number of sulfone groups is 1. The fourth-order valence-electron chi connectivity index (χ4n) is 3.36. The lowest BCUT2D eigenvalue weighted by molar-refractivity contribution is -0.140. The molecule has 0 spiro atoms. The molecule has 118 valence electrons. The molecule has 1 saturated carbocycles. The first-order valence-corrected chi connectivity index (χ1v) is 9.05. The van der Waals surface area contributed by atoms with E-state index in [1.165, 1.54) is 7.11 Å². The average molecular weight is 305 g/mol.